The highest BCUT2D eigenvalue weighted by Crippen LogP contribution is 2.27. The molecule has 0 aromatic heterocycles. The summed E-state index contributed by atoms with van der Waals surface area (Å²) >= 11 is 7.42. The Kier molecular flexibility index (Phi) is 5.31. The van der Waals surface area contributed by atoms with Gasteiger partial charge in [0.1, 0.15) is 0 Å². The van der Waals surface area contributed by atoms with E-state index in [2.05, 4.69) is 0 Å². The van der Waals surface area contributed by atoms with Gasteiger partial charge in [0.15, 0.2) is 0 Å². The molecule has 4 nitrogen and oxygen atoms in total. The second kappa shape index (κ2) is 6.99. The zero-order valence-corrected chi connectivity index (χ0v) is 12.5. The molecule has 1 aromatic rings. The van der Waals surface area contributed by atoms with E-state index in [0.29, 0.717) is 24.5 Å². The highest BCUT2D eigenvalue weighted by atomic mass is 35.5. The first-order chi connectivity index (χ1) is 9.58. The molecule has 1 amide bonds. The number of aliphatic carboxylic acids is 1. The smallest absolute Gasteiger partial charge is 0.308 e. The van der Waals surface area contributed by atoms with Gasteiger partial charge in [-0.1, -0.05) is 23.7 Å². The number of nitrogens with zero attached hydrogens (tertiary/aromatic N) is 1. The molecule has 1 saturated heterocycles. The first kappa shape index (κ1) is 15.2. The normalized spacial score (nSPS) is 18.9. The lowest BCUT2D eigenvalue weighted by atomic mass is 9.98. The fourth-order valence-electron chi connectivity index (χ4n) is 2.20. The highest BCUT2D eigenvalue weighted by Gasteiger charge is 2.27. The Balaban J connectivity index is 1.89. The van der Waals surface area contributed by atoms with E-state index in [4.69, 9.17) is 16.7 Å². The number of rotatable bonds is 4. The predicted molar refractivity (Wildman–Crippen MR) is 79.1 cm³/mol. The van der Waals surface area contributed by atoms with Crippen molar-refractivity contribution in [2.45, 2.75) is 17.7 Å². The molecule has 0 saturated carbocycles. The molecule has 1 atom stereocenters. The van der Waals surface area contributed by atoms with Crippen molar-refractivity contribution in [3.63, 3.8) is 0 Å². The monoisotopic (exact) mass is 313 g/mol. The van der Waals surface area contributed by atoms with Crippen LogP contribution in [0.1, 0.15) is 12.8 Å². The second-order valence-electron chi connectivity index (χ2n) is 4.74. The molecule has 1 heterocycles. The molecular weight excluding hydrogens is 298 g/mol. The number of carboxylic acids is 1. The van der Waals surface area contributed by atoms with Gasteiger partial charge in [-0.25, -0.2) is 0 Å². The quantitative estimate of drug-likeness (QED) is 0.868. The number of piperidine rings is 1. The summed E-state index contributed by atoms with van der Waals surface area (Å²) < 4.78 is 0. The summed E-state index contributed by atoms with van der Waals surface area (Å²) in [4.78, 5) is 25.6. The minimum atomic E-state index is -0.818. The Morgan fingerprint density at radius 2 is 2.15 bits per heavy atom. The number of hydrogen-bond donors (Lipinski definition) is 1. The number of likely N-dealkylation sites (tertiary alicyclic amines) is 1. The third-order valence-electron chi connectivity index (χ3n) is 3.31. The van der Waals surface area contributed by atoms with Crippen LogP contribution in [0, 0.1) is 5.92 Å². The van der Waals surface area contributed by atoms with Crippen LogP contribution < -0.4 is 0 Å². The molecule has 0 bridgehead atoms. The first-order valence-electron chi connectivity index (χ1n) is 6.46. The number of hydrogen-bond acceptors (Lipinski definition) is 3. The summed E-state index contributed by atoms with van der Waals surface area (Å²) in [5.41, 5.74) is 0. The predicted octanol–water partition coefficient (Wildman–Crippen LogP) is 2.76. The lowest BCUT2D eigenvalue weighted by Crippen LogP contribution is -2.43. The summed E-state index contributed by atoms with van der Waals surface area (Å²) in [5, 5.41) is 9.65. The van der Waals surface area contributed by atoms with Crippen molar-refractivity contribution in [3.05, 3.63) is 29.3 Å². The van der Waals surface area contributed by atoms with Gasteiger partial charge in [0.25, 0.3) is 0 Å². The molecule has 1 fully saturated rings. The van der Waals surface area contributed by atoms with Crippen LogP contribution in [0.2, 0.25) is 5.02 Å². The van der Waals surface area contributed by atoms with Crippen molar-refractivity contribution in [1.82, 2.24) is 4.90 Å². The number of carbonyl (C=O) groups is 2. The van der Waals surface area contributed by atoms with Crippen LogP contribution in [0.3, 0.4) is 0 Å². The van der Waals surface area contributed by atoms with Gasteiger partial charge in [-0.2, -0.15) is 0 Å². The van der Waals surface area contributed by atoms with Crippen molar-refractivity contribution in [1.29, 1.82) is 0 Å². The topological polar surface area (TPSA) is 57.6 Å². The number of carboxylic acid groups (broad SMARTS) is 1. The van der Waals surface area contributed by atoms with Crippen molar-refractivity contribution >= 4 is 35.2 Å². The molecule has 1 aliphatic rings. The Morgan fingerprint density at radius 3 is 2.85 bits per heavy atom. The number of halogens is 1. The molecule has 0 spiro atoms. The molecule has 20 heavy (non-hydrogen) atoms. The zero-order valence-electron chi connectivity index (χ0n) is 10.9. The SMILES string of the molecule is O=C(O)C1CCCN(C(=O)CSc2ccccc2Cl)C1. The largest absolute Gasteiger partial charge is 0.481 e. The number of amides is 1. The van der Waals surface area contributed by atoms with E-state index >= 15 is 0 Å². The van der Waals surface area contributed by atoms with Crippen LogP contribution in [0.25, 0.3) is 0 Å². The minimum Gasteiger partial charge on any atom is -0.481 e. The number of benzene rings is 1. The van der Waals surface area contributed by atoms with Crippen molar-refractivity contribution < 1.29 is 14.7 Å². The molecule has 1 unspecified atom stereocenters. The number of thioether (sulfide) groups is 1. The molecule has 1 N–H and O–H groups in total. The van der Waals surface area contributed by atoms with Gasteiger partial charge in [-0.15, -0.1) is 11.8 Å². The average Bonchev–Trinajstić information content (AvgIpc) is 2.46. The van der Waals surface area contributed by atoms with Crippen molar-refractivity contribution in [2.24, 2.45) is 5.92 Å². The van der Waals surface area contributed by atoms with Crippen LogP contribution in [-0.2, 0) is 9.59 Å². The van der Waals surface area contributed by atoms with E-state index in [9.17, 15) is 9.59 Å². The maximum Gasteiger partial charge on any atom is 0.308 e. The molecule has 108 valence electrons. The third kappa shape index (κ3) is 3.90. The molecule has 6 heteroatoms. The van der Waals surface area contributed by atoms with Crippen LogP contribution in [0.5, 0.6) is 0 Å². The van der Waals surface area contributed by atoms with E-state index in [0.717, 1.165) is 11.3 Å². The maximum atomic E-state index is 12.1. The van der Waals surface area contributed by atoms with Gasteiger partial charge >= 0.3 is 5.97 Å². The Labute approximate surface area is 127 Å². The van der Waals surface area contributed by atoms with E-state index < -0.39 is 11.9 Å². The van der Waals surface area contributed by atoms with Gasteiger partial charge < -0.3 is 10.0 Å². The van der Waals surface area contributed by atoms with Gasteiger partial charge in [0.05, 0.1) is 16.7 Å². The van der Waals surface area contributed by atoms with E-state index in [1.54, 1.807) is 11.0 Å². The first-order valence-corrected chi connectivity index (χ1v) is 7.82. The van der Waals surface area contributed by atoms with E-state index in [1.807, 2.05) is 18.2 Å². The standard InChI is InChI=1S/C14H16ClNO3S/c15-11-5-1-2-6-12(11)20-9-13(17)16-7-3-4-10(8-16)14(18)19/h1-2,5-6,10H,3-4,7-9H2,(H,18,19). The summed E-state index contributed by atoms with van der Waals surface area (Å²) in [6.07, 6.45) is 1.40. The zero-order chi connectivity index (χ0) is 14.5. The fourth-order valence-corrected chi connectivity index (χ4v) is 3.34. The molecule has 0 aliphatic carbocycles. The lowest BCUT2D eigenvalue weighted by molar-refractivity contribution is -0.145. The molecular formula is C14H16ClNO3S. The van der Waals surface area contributed by atoms with E-state index in [-0.39, 0.29) is 11.7 Å². The van der Waals surface area contributed by atoms with E-state index in [1.165, 1.54) is 11.8 Å². The Hall–Kier alpha value is -1.20. The lowest BCUT2D eigenvalue weighted by Gasteiger charge is -2.30. The summed E-state index contributed by atoms with van der Waals surface area (Å²) in [5.74, 6) is -0.990. The fraction of sp³-hybridized carbons (Fsp3) is 0.429. The van der Waals surface area contributed by atoms with Crippen LogP contribution in [0.15, 0.2) is 29.2 Å². The van der Waals surface area contributed by atoms with Gasteiger partial charge in [0, 0.05) is 18.0 Å². The third-order valence-corrected chi connectivity index (χ3v) is 4.81. The van der Waals surface area contributed by atoms with Gasteiger partial charge in [-0.05, 0) is 25.0 Å². The van der Waals surface area contributed by atoms with Crippen LogP contribution in [-0.4, -0.2) is 40.7 Å². The summed E-state index contributed by atoms with van der Waals surface area (Å²) in [6, 6.07) is 7.38. The van der Waals surface area contributed by atoms with Crippen molar-refractivity contribution in [3.8, 4) is 0 Å². The maximum absolute atomic E-state index is 12.1. The highest BCUT2D eigenvalue weighted by molar-refractivity contribution is 8.00. The molecule has 2 rings (SSSR count). The Bertz CT molecular complexity index is 509. The minimum absolute atomic E-state index is 0.0270. The van der Waals surface area contributed by atoms with Crippen LogP contribution in [0.4, 0.5) is 0 Å². The summed E-state index contributed by atoms with van der Waals surface area (Å²) in [7, 11) is 0. The second-order valence-corrected chi connectivity index (χ2v) is 6.16. The molecule has 1 aliphatic heterocycles. The Morgan fingerprint density at radius 1 is 1.40 bits per heavy atom. The molecule has 1 aromatic carbocycles. The summed E-state index contributed by atoms with van der Waals surface area (Å²) in [6.45, 7) is 0.961. The molecule has 0 radical (unpaired) electrons. The van der Waals surface area contributed by atoms with Gasteiger partial charge in [-0.3, -0.25) is 9.59 Å². The van der Waals surface area contributed by atoms with Crippen LogP contribution >= 0.6 is 23.4 Å². The number of carbonyl (C=O) groups excluding carboxylic acids is 1. The van der Waals surface area contributed by atoms with Gasteiger partial charge in [0.2, 0.25) is 5.91 Å². The average molecular weight is 314 g/mol. The van der Waals surface area contributed by atoms with Crippen molar-refractivity contribution in [2.75, 3.05) is 18.8 Å².